The number of ether oxygens (including phenoxy) is 1. The molecule has 3 rings (SSSR count). The van der Waals surface area contributed by atoms with Gasteiger partial charge in [0.1, 0.15) is 23.1 Å². The number of hydrogen-bond acceptors (Lipinski definition) is 4. The van der Waals surface area contributed by atoms with Crippen LogP contribution in [0.15, 0.2) is 48.5 Å². The van der Waals surface area contributed by atoms with Gasteiger partial charge in [0.2, 0.25) is 5.95 Å². The van der Waals surface area contributed by atoms with Gasteiger partial charge in [-0.3, -0.25) is 4.79 Å². The van der Waals surface area contributed by atoms with Crippen molar-refractivity contribution in [3.63, 3.8) is 0 Å². The highest BCUT2D eigenvalue weighted by Gasteiger charge is 2.34. The summed E-state index contributed by atoms with van der Waals surface area (Å²) in [6.07, 6.45) is -4.80. The highest BCUT2D eigenvalue weighted by Crippen LogP contribution is 2.34. The summed E-state index contributed by atoms with van der Waals surface area (Å²) in [5, 5.41) is 2.55. The molecule has 3 aromatic rings. The summed E-state index contributed by atoms with van der Waals surface area (Å²) in [7, 11) is 0. The molecule has 0 spiro atoms. The van der Waals surface area contributed by atoms with Crippen LogP contribution in [0.3, 0.4) is 0 Å². The van der Waals surface area contributed by atoms with Crippen molar-refractivity contribution in [3.05, 3.63) is 77.0 Å². The van der Waals surface area contributed by atoms with Crippen LogP contribution >= 0.6 is 0 Å². The number of pyridine rings is 1. The Morgan fingerprint density at radius 2 is 1.67 bits per heavy atom. The lowest BCUT2D eigenvalue weighted by atomic mass is 10.1. The molecule has 0 bridgehead atoms. The number of halogens is 5. The summed E-state index contributed by atoms with van der Waals surface area (Å²) < 4.78 is 70.1. The van der Waals surface area contributed by atoms with E-state index >= 15 is 0 Å². The van der Waals surface area contributed by atoms with Crippen molar-refractivity contribution in [2.24, 2.45) is 0 Å². The maximum Gasteiger partial charge on any atom is 0.419 e. The molecule has 2 aromatic carbocycles. The van der Waals surface area contributed by atoms with E-state index in [1.54, 1.807) is 0 Å². The molecular weight excluding hydrogens is 409 g/mol. The summed E-state index contributed by atoms with van der Waals surface area (Å²) in [6, 6.07) is 9.22. The predicted molar refractivity (Wildman–Crippen MR) is 99.2 cm³/mol. The standard InChI is InChI=1S/C20H14F5N3O2/c1-10-8-14(18(26)28-17(10)22)19(29)27-11-2-4-12(5-3-11)30-13-6-7-15(16(21)9-13)20(23,24)25/h2-9H,1H3,(H2,26,28)(H,27,29). The molecule has 30 heavy (non-hydrogen) atoms. The molecule has 0 saturated heterocycles. The second-order valence-electron chi connectivity index (χ2n) is 6.25. The first kappa shape index (κ1) is 21.0. The molecule has 1 heterocycles. The SMILES string of the molecule is Cc1cc(C(=O)Nc2ccc(Oc3ccc(C(F)(F)F)c(F)c3)cc2)c(N)nc1F. The number of carbonyl (C=O) groups is 1. The highest BCUT2D eigenvalue weighted by atomic mass is 19.4. The van der Waals surface area contributed by atoms with Crippen molar-refractivity contribution in [3.8, 4) is 11.5 Å². The van der Waals surface area contributed by atoms with Gasteiger partial charge in [-0.1, -0.05) is 0 Å². The number of benzene rings is 2. The van der Waals surface area contributed by atoms with Gasteiger partial charge < -0.3 is 15.8 Å². The number of nitrogen functional groups attached to an aromatic ring is 1. The molecule has 0 aliphatic carbocycles. The third-order valence-corrected chi connectivity index (χ3v) is 4.02. The second-order valence-corrected chi connectivity index (χ2v) is 6.25. The zero-order valence-electron chi connectivity index (χ0n) is 15.3. The minimum absolute atomic E-state index is 0.00513. The first-order chi connectivity index (χ1) is 14.0. The highest BCUT2D eigenvalue weighted by molar-refractivity contribution is 6.07. The van der Waals surface area contributed by atoms with Gasteiger partial charge in [0.15, 0.2) is 0 Å². The largest absolute Gasteiger partial charge is 0.457 e. The van der Waals surface area contributed by atoms with E-state index in [4.69, 9.17) is 10.5 Å². The maximum absolute atomic E-state index is 13.6. The van der Waals surface area contributed by atoms with E-state index in [1.807, 2.05) is 0 Å². The Bertz CT molecular complexity index is 1100. The number of rotatable bonds is 4. The molecule has 0 aliphatic rings. The van der Waals surface area contributed by atoms with Crippen LogP contribution in [0.1, 0.15) is 21.5 Å². The fourth-order valence-electron chi connectivity index (χ4n) is 2.52. The molecule has 10 heteroatoms. The molecule has 1 aromatic heterocycles. The first-order valence-electron chi connectivity index (χ1n) is 8.43. The van der Waals surface area contributed by atoms with Gasteiger partial charge in [0.25, 0.3) is 5.91 Å². The third-order valence-electron chi connectivity index (χ3n) is 4.02. The zero-order chi connectivity index (χ0) is 22.1. The van der Waals surface area contributed by atoms with Gasteiger partial charge in [-0.05, 0) is 49.4 Å². The van der Waals surface area contributed by atoms with Gasteiger partial charge in [-0.15, -0.1) is 0 Å². The molecule has 0 atom stereocenters. The van der Waals surface area contributed by atoms with E-state index in [-0.39, 0.29) is 28.4 Å². The summed E-state index contributed by atoms with van der Waals surface area (Å²) in [6.45, 7) is 1.44. The van der Waals surface area contributed by atoms with E-state index in [2.05, 4.69) is 10.3 Å². The van der Waals surface area contributed by atoms with Crippen LogP contribution in [0.25, 0.3) is 0 Å². The summed E-state index contributed by atoms with van der Waals surface area (Å²) in [5.41, 5.74) is 4.67. The number of nitrogens with two attached hydrogens (primary N) is 1. The number of carbonyl (C=O) groups excluding carboxylic acids is 1. The Labute approximate surface area is 167 Å². The monoisotopic (exact) mass is 423 g/mol. The van der Waals surface area contributed by atoms with Crippen molar-refractivity contribution in [2.45, 2.75) is 13.1 Å². The van der Waals surface area contributed by atoms with Crippen LogP contribution in [-0.2, 0) is 6.18 Å². The molecule has 0 saturated carbocycles. The lowest BCUT2D eigenvalue weighted by Crippen LogP contribution is -2.16. The maximum atomic E-state index is 13.6. The van der Waals surface area contributed by atoms with Crippen molar-refractivity contribution in [2.75, 3.05) is 11.1 Å². The summed E-state index contributed by atoms with van der Waals surface area (Å²) >= 11 is 0. The van der Waals surface area contributed by atoms with E-state index in [0.717, 1.165) is 6.07 Å². The fraction of sp³-hybridized carbons (Fsp3) is 0.100. The average Bonchev–Trinajstić information content (AvgIpc) is 2.65. The topological polar surface area (TPSA) is 77.2 Å². The number of hydrogen-bond donors (Lipinski definition) is 2. The van der Waals surface area contributed by atoms with Crippen LogP contribution in [0.5, 0.6) is 11.5 Å². The average molecular weight is 423 g/mol. The lowest BCUT2D eigenvalue weighted by Gasteiger charge is -2.11. The van der Waals surface area contributed by atoms with E-state index in [9.17, 15) is 26.7 Å². The molecule has 1 amide bonds. The van der Waals surface area contributed by atoms with Crippen LogP contribution in [0, 0.1) is 18.7 Å². The quantitative estimate of drug-likeness (QED) is 0.440. The molecule has 5 nitrogen and oxygen atoms in total. The van der Waals surface area contributed by atoms with Crippen molar-refractivity contribution < 1.29 is 31.5 Å². The van der Waals surface area contributed by atoms with Crippen molar-refractivity contribution >= 4 is 17.4 Å². The minimum Gasteiger partial charge on any atom is -0.457 e. The normalized spacial score (nSPS) is 11.3. The number of nitrogens with one attached hydrogen (secondary N) is 1. The van der Waals surface area contributed by atoms with Crippen molar-refractivity contribution in [1.82, 2.24) is 4.98 Å². The van der Waals surface area contributed by atoms with Crippen LogP contribution in [0.4, 0.5) is 33.5 Å². The number of amides is 1. The number of aromatic nitrogens is 1. The first-order valence-corrected chi connectivity index (χ1v) is 8.43. The molecule has 0 unspecified atom stereocenters. The van der Waals surface area contributed by atoms with Crippen LogP contribution < -0.4 is 15.8 Å². The minimum atomic E-state index is -4.80. The van der Waals surface area contributed by atoms with E-state index in [1.165, 1.54) is 37.3 Å². The molecule has 0 aliphatic heterocycles. The van der Waals surface area contributed by atoms with Crippen LogP contribution in [-0.4, -0.2) is 10.9 Å². The van der Waals surface area contributed by atoms with Gasteiger partial charge in [-0.25, -0.2) is 9.37 Å². The zero-order valence-corrected chi connectivity index (χ0v) is 15.3. The number of anilines is 2. The van der Waals surface area contributed by atoms with Crippen molar-refractivity contribution in [1.29, 1.82) is 0 Å². The molecule has 3 N–H and O–H groups in total. The number of alkyl halides is 3. The Kier molecular flexibility index (Phi) is 5.59. The molecule has 0 fully saturated rings. The molecular formula is C20H14F5N3O2. The number of aryl methyl sites for hydroxylation is 1. The smallest absolute Gasteiger partial charge is 0.419 e. The third kappa shape index (κ3) is 4.65. The Hall–Kier alpha value is -3.69. The van der Waals surface area contributed by atoms with E-state index < -0.39 is 29.4 Å². The summed E-state index contributed by atoms with van der Waals surface area (Å²) in [4.78, 5) is 15.8. The molecule has 156 valence electrons. The lowest BCUT2D eigenvalue weighted by molar-refractivity contribution is -0.140. The molecule has 0 radical (unpaired) electrons. The Morgan fingerprint density at radius 3 is 2.27 bits per heavy atom. The van der Waals surface area contributed by atoms with Gasteiger partial charge in [0.05, 0.1) is 11.1 Å². The number of nitrogens with zero attached hydrogens (tertiary/aromatic N) is 1. The Morgan fingerprint density at radius 1 is 1.03 bits per heavy atom. The van der Waals surface area contributed by atoms with Gasteiger partial charge >= 0.3 is 6.18 Å². The van der Waals surface area contributed by atoms with Gasteiger partial charge in [-0.2, -0.15) is 17.6 Å². The van der Waals surface area contributed by atoms with E-state index in [0.29, 0.717) is 17.8 Å². The Balaban J connectivity index is 1.70. The van der Waals surface area contributed by atoms with Crippen LogP contribution in [0.2, 0.25) is 0 Å². The fourth-order valence-corrected chi connectivity index (χ4v) is 2.52. The predicted octanol–water partition coefficient (Wildman–Crippen LogP) is 5.31. The second kappa shape index (κ2) is 7.97. The summed E-state index contributed by atoms with van der Waals surface area (Å²) in [5.74, 6) is -3.03. The van der Waals surface area contributed by atoms with Gasteiger partial charge in [0, 0.05) is 17.3 Å².